The summed E-state index contributed by atoms with van der Waals surface area (Å²) in [5.41, 5.74) is 10.6. The monoisotopic (exact) mass is 475 g/mol. The molecule has 0 amide bonds. The van der Waals surface area contributed by atoms with Gasteiger partial charge in [0.2, 0.25) is 0 Å². The Hall–Kier alpha value is -2.33. The Labute approximate surface area is 200 Å². The number of Topliss-reactive ketones (excluding diaryl/α,β-unsaturated/α-hetero) is 1. The van der Waals surface area contributed by atoms with Crippen molar-refractivity contribution in [2.45, 2.75) is 87.6 Å². The topological polar surface area (TPSA) is 167 Å². The zero-order valence-electron chi connectivity index (χ0n) is 19.5. The van der Waals surface area contributed by atoms with Crippen LogP contribution in [0.1, 0.15) is 56.9 Å². The number of fused-ring (bicyclic) bond motifs is 1. The average Bonchev–Trinajstić information content (AvgIpc) is 3.15. The predicted molar refractivity (Wildman–Crippen MR) is 126 cm³/mol. The number of rotatable bonds is 12. The standard InChI is InChI=1S/C25H37N3O6/c26-13-12-18(29)14-19(27)22(30)25(24(33)34)15-17-8-4-5-9-20(17)28(25)21(23(31)32)11-10-16-6-2-1-3-7-16/h1-3,6-7,17-21,29H,4-5,8-15,26-27H2,(H,31,32)(H,33,34)/t17?,18?,19-,20?,21-,25?/m0/s1. The highest BCUT2D eigenvalue weighted by Crippen LogP contribution is 2.48. The second-order valence-corrected chi connectivity index (χ2v) is 9.70. The van der Waals surface area contributed by atoms with Crippen LogP contribution in [0.4, 0.5) is 0 Å². The molecule has 1 aliphatic heterocycles. The molecule has 1 aromatic carbocycles. The first-order valence-electron chi connectivity index (χ1n) is 12.2. The van der Waals surface area contributed by atoms with E-state index in [1.165, 1.54) is 4.90 Å². The third-order valence-corrected chi connectivity index (χ3v) is 7.52. The molecule has 1 aromatic rings. The van der Waals surface area contributed by atoms with Crippen LogP contribution in [0, 0.1) is 5.92 Å². The lowest BCUT2D eigenvalue weighted by Crippen LogP contribution is -2.66. The Morgan fingerprint density at radius 3 is 2.38 bits per heavy atom. The van der Waals surface area contributed by atoms with Crippen LogP contribution >= 0.6 is 0 Å². The van der Waals surface area contributed by atoms with Gasteiger partial charge in [-0.1, -0.05) is 43.2 Å². The van der Waals surface area contributed by atoms with Crippen molar-refractivity contribution in [1.82, 2.24) is 4.90 Å². The lowest BCUT2D eigenvalue weighted by atomic mass is 9.79. The fourth-order valence-electron chi connectivity index (χ4n) is 5.94. The van der Waals surface area contributed by atoms with Crippen LogP contribution in [-0.4, -0.2) is 74.3 Å². The summed E-state index contributed by atoms with van der Waals surface area (Å²) in [4.78, 5) is 40.6. The zero-order chi connectivity index (χ0) is 24.9. The largest absolute Gasteiger partial charge is 0.480 e. The van der Waals surface area contributed by atoms with Crippen molar-refractivity contribution in [3.63, 3.8) is 0 Å². The number of aliphatic hydroxyl groups excluding tert-OH is 1. The fraction of sp³-hybridized carbons (Fsp3) is 0.640. The molecule has 1 heterocycles. The number of benzene rings is 1. The molecular formula is C25H37N3O6. The lowest BCUT2D eigenvalue weighted by Gasteiger charge is -2.42. The van der Waals surface area contributed by atoms with Gasteiger partial charge in [-0.15, -0.1) is 0 Å². The van der Waals surface area contributed by atoms with Crippen molar-refractivity contribution in [1.29, 1.82) is 0 Å². The third kappa shape index (κ3) is 5.33. The summed E-state index contributed by atoms with van der Waals surface area (Å²) in [6.07, 6.45) is 3.03. The Kier molecular flexibility index (Phi) is 8.81. The predicted octanol–water partition coefficient (Wildman–Crippen LogP) is 1.16. The Morgan fingerprint density at radius 2 is 1.76 bits per heavy atom. The van der Waals surface area contributed by atoms with E-state index < -0.39 is 41.4 Å². The molecule has 34 heavy (non-hydrogen) atoms. The molecule has 4 unspecified atom stereocenters. The number of ketones is 1. The van der Waals surface area contributed by atoms with Crippen molar-refractivity contribution in [3.05, 3.63) is 35.9 Å². The fourth-order valence-corrected chi connectivity index (χ4v) is 5.94. The van der Waals surface area contributed by atoms with Gasteiger partial charge >= 0.3 is 11.9 Å². The van der Waals surface area contributed by atoms with Gasteiger partial charge in [0.25, 0.3) is 0 Å². The number of hydrogen-bond donors (Lipinski definition) is 5. The first kappa shape index (κ1) is 26.3. The van der Waals surface area contributed by atoms with E-state index in [0.717, 1.165) is 24.8 Å². The van der Waals surface area contributed by atoms with E-state index >= 15 is 0 Å². The lowest BCUT2D eigenvalue weighted by molar-refractivity contribution is -0.164. The van der Waals surface area contributed by atoms with Crippen molar-refractivity contribution < 1.29 is 29.7 Å². The summed E-state index contributed by atoms with van der Waals surface area (Å²) >= 11 is 0. The molecule has 9 nitrogen and oxygen atoms in total. The van der Waals surface area contributed by atoms with Crippen molar-refractivity contribution in [2.24, 2.45) is 17.4 Å². The number of hydrogen-bond acceptors (Lipinski definition) is 7. The molecule has 1 saturated heterocycles. The molecule has 0 spiro atoms. The minimum atomic E-state index is -2.03. The molecule has 9 heteroatoms. The molecule has 1 saturated carbocycles. The molecule has 2 fully saturated rings. The van der Waals surface area contributed by atoms with Crippen LogP contribution in [-0.2, 0) is 20.8 Å². The summed E-state index contributed by atoms with van der Waals surface area (Å²) in [5, 5.41) is 30.8. The number of aliphatic carboxylic acids is 2. The maximum absolute atomic E-state index is 13.7. The molecule has 2 aliphatic rings. The molecule has 0 bridgehead atoms. The van der Waals surface area contributed by atoms with Gasteiger partial charge in [0.15, 0.2) is 11.3 Å². The molecule has 6 atom stereocenters. The summed E-state index contributed by atoms with van der Waals surface area (Å²) in [6.45, 7) is 0.211. The van der Waals surface area contributed by atoms with E-state index in [4.69, 9.17) is 11.5 Å². The van der Waals surface area contributed by atoms with Crippen LogP contribution in [0.3, 0.4) is 0 Å². The van der Waals surface area contributed by atoms with Crippen LogP contribution in [0.5, 0.6) is 0 Å². The number of carboxylic acids is 2. The first-order chi connectivity index (χ1) is 16.2. The third-order valence-electron chi connectivity index (χ3n) is 7.52. The van der Waals surface area contributed by atoms with Gasteiger partial charge < -0.3 is 26.8 Å². The molecule has 0 aromatic heterocycles. The van der Waals surface area contributed by atoms with Gasteiger partial charge in [-0.2, -0.15) is 0 Å². The number of aryl methyl sites for hydroxylation is 1. The van der Waals surface area contributed by atoms with Crippen molar-refractivity contribution in [2.75, 3.05) is 6.54 Å². The van der Waals surface area contributed by atoms with Gasteiger partial charge in [-0.25, -0.2) is 4.79 Å². The molecule has 1 aliphatic carbocycles. The van der Waals surface area contributed by atoms with Crippen LogP contribution in [0.2, 0.25) is 0 Å². The van der Waals surface area contributed by atoms with E-state index in [-0.39, 0.29) is 44.2 Å². The number of carboxylic acid groups (broad SMARTS) is 2. The van der Waals surface area contributed by atoms with E-state index in [0.29, 0.717) is 12.8 Å². The molecular weight excluding hydrogens is 438 g/mol. The van der Waals surface area contributed by atoms with Crippen molar-refractivity contribution >= 4 is 17.7 Å². The quantitative estimate of drug-likeness (QED) is 0.279. The summed E-state index contributed by atoms with van der Waals surface area (Å²) < 4.78 is 0. The zero-order valence-corrected chi connectivity index (χ0v) is 19.5. The number of likely N-dealkylation sites (tertiary alicyclic amines) is 1. The summed E-state index contributed by atoms with van der Waals surface area (Å²) in [7, 11) is 0. The minimum absolute atomic E-state index is 0.0433. The molecule has 3 rings (SSSR count). The summed E-state index contributed by atoms with van der Waals surface area (Å²) in [6, 6.07) is 6.72. The maximum atomic E-state index is 13.7. The smallest absolute Gasteiger partial charge is 0.332 e. The van der Waals surface area contributed by atoms with Gasteiger partial charge in [0, 0.05) is 6.04 Å². The Balaban J connectivity index is 1.98. The van der Waals surface area contributed by atoms with Gasteiger partial charge in [-0.05, 0) is 63.0 Å². The van der Waals surface area contributed by atoms with Crippen LogP contribution < -0.4 is 11.5 Å². The first-order valence-corrected chi connectivity index (χ1v) is 12.2. The highest BCUT2D eigenvalue weighted by Gasteiger charge is 2.64. The Morgan fingerprint density at radius 1 is 1.09 bits per heavy atom. The Bertz CT molecular complexity index is 865. The summed E-state index contributed by atoms with van der Waals surface area (Å²) in [5.74, 6) is -3.32. The van der Waals surface area contributed by atoms with Gasteiger partial charge in [0.1, 0.15) is 6.04 Å². The van der Waals surface area contributed by atoms with Gasteiger partial charge in [-0.3, -0.25) is 14.5 Å². The van der Waals surface area contributed by atoms with E-state index in [1.54, 1.807) is 0 Å². The van der Waals surface area contributed by atoms with E-state index in [1.807, 2.05) is 30.3 Å². The minimum Gasteiger partial charge on any atom is -0.480 e. The van der Waals surface area contributed by atoms with E-state index in [2.05, 4.69) is 0 Å². The molecule has 7 N–H and O–H groups in total. The number of nitrogens with two attached hydrogens (primary N) is 2. The van der Waals surface area contributed by atoms with Crippen LogP contribution in [0.25, 0.3) is 0 Å². The number of carbonyl (C=O) groups is 3. The highest BCUT2D eigenvalue weighted by atomic mass is 16.4. The van der Waals surface area contributed by atoms with Gasteiger partial charge in [0.05, 0.1) is 12.1 Å². The average molecular weight is 476 g/mol. The SMILES string of the molecule is NCCC(O)C[C@H](N)C(=O)C1(C(=O)O)CC2CCCCC2N1[C@@H](CCc1ccccc1)C(=O)O. The maximum Gasteiger partial charge on any atom is 0.332 e. The van der Waals surface area contributed by atoms with E-state index in [9.17, 15) is 29.7 Å². The second kappa shape index (κ2) is 11.4. The molecule has 188 valence electrons. The number of carbonyl (C=O) groups excluding carboxylic acids is 1. The normalized spacial score (nSPS) is 27.5. The molecule has 0 radical (unpaired) electrons. The highest BCUT2D eigenvalue weighted by molar-refractivity contribution is 6.11. The number of aliphatic hydroxyl groups is 1. The second-order valence-electron chi connectivity index (χ2n) is 9.70. The van der Waals surface area contributed by atoms with Crippen molar-refractivity contribution in [3.8, 4) is 0 Å². The number of nitrogens with zero attached hydrogens (tertiary/aromatic N) is 1. The van der Waals surface area contributed by atoms with Crippen LogP contribution in [0.15, 0.2) is 30.3 Å².